The van der Waals surface area contributed by atoms with Crippen molar-refractivity contribution in [2.45, 2.75) is 25.8 Å². The number of piperazine rings is 1. The fourth-order valence-corrected chi connectivity index (χ4v) is 3.93. The van der Waals surface area contributed by atoms with Gasteiger partial charge in [-0.1, -0.05) is 18.2 Å². The Kier molecular flexibility index (Phi) is 6.61. The molecule has 1 saturated heterocycles. The van der Waals surface area contributed by atoms with Gasteiger partial charge in [0.1, 0.15) is 0 Å². The Hall–Kier alpha value is -2.21. The van der Waals surface area contributed by atoms with Gasteiger partial charge in [0.2, 0.25) is 11.7 Å². The smallest absolute Gasteiger partial charge is 0.226 e. The molecule has 1 aliphatic heterocycles. The maximum Gasteiger partial charge on any atom is 0.226 e. The summed E-state index contributed by atoms with van der Waals surface area (Å²) in [5.41, 5.74) is 1.06. The van der Waals surface area contributed by atoms with Crippen LogP contribution in [-0.2, 0) is 11.3 Å². The van der Waals surface area contributed by atoms with Crippen LogP contribution in [-0.4, -0.2) is 63.2 Å². The van der Waals surface area contributed by atoms with Crippen molar-refractivity contribution in [3.05, 3.63) is 29.8 Å². The summed E-state index contributed by atoms with van der Waals surface area (Å²) in [7, 11) is 4.89. The Morgan fingerprint density at radius 3 is 2.33 bits per heavy atom. The lowest BCUT2D eigenvalue weighted by Gasteiger charge is -2.37. The first kappa shape index (κ1) is 19.5. The maximum absolute atomic E-state index is 12.7. The van der Waals surface area contributed by atoms with E-state index in [2.05, 4.69) is 17.1 Å². The zero-order valence-electron chi connectivity index (χ0n) is 16.6. The summed E-state index contributed by atoms with van der Waals surface area (Å²) in [6.45, 7) is 4.07. The Balaban J connectivity index is 1.61. The molecule has 0 saturated carbocycles. The lowest BCUT2D eigenvalue weighted by atomic mass is 9.93. The van der Waals surface area contributed by atoms with Crippen LogP contribution < -0.4 is 14.2 Å². The van der Waals surface area contributed by atoms with E-state index >= 15 is 0 Å². The summed E-state index contributed by atoms with van der Waals surface area (Å²) in [4.78, 5) is 17.1. The summed E-state index contributed by atoms with van der Waals surface area (Å²) in [6.07, 6.45) is 7.22. The van der Waals surface area contributed by atoms with Crippen molar-refractivity contribution in [1.29, 1.82) is 0 Å². The lowest BCUT2D eigenvalue weighted by Crippen LogP contribution is -2.50. The van der Waals surface area contributed by atoms with Crippen LogP contribution in [0.3, 0.4) is 0 Å². The molecule has 2 aliphatic rings. The molecule has 0 spiro atoms. The molecule has 0 aromatic heterocycles. The first-order chi connectivity index (χ1) is 13.2. The number of methoxy groups -OCH3 is 3. The zero-order chi connectivity index (χ0) is 19.2. The quantitative estimate of drug-likeness (QED) is 0.717. The Bertz CT molecular complexity index is 681. The number of hydrogen-bond donors (Lipinski definition) is 0. The fourth-order valence-electron chi connectivity index (χ4n) is 3.93. The summed E-state index contributed by atoms with van der Waals surface area (Å²) < 4.78 is 16.4. The normalized spacial score (nSPS) is 20.4. The molecule has 1 aromatic carbocycles. The molecule has 0 bridgehead atoms. The van der Waals surface area contributed by atoms with Crippen molar-refractivity contribution in [3.8, 4) is 17.2 Å². The summed E-state index contributed by atoms with van der Waals surface area (Å²) in [5.74, 6) is 2.49. The maximum atomic E-state index is 12.7. The monoisotopic (exact) mass is 374 g/mol. The van der Waals surface area contributed by atoms with Gasteiger partial charge in [0.15, 0.2) is 11.5 Å². The highest BCUT2D eigenvalue weighted by Gasteiger charge is 2.28. The van der Waals surface area contributed by atoms with Gasteiger partial charge in [-0.25, -0.2) is 0 Å². The average molecular weight is 374 g/mol. The second kappa shape index (κ2) is 9.13. The molecule has 1 aliphatic carbocycles. The highest BCUT2D eigenvalue weighted by atomic mass is 16.5. The highest BCUT2D eigenvalue weighted by molar-refractivity contribution is 5.79. The molecule has 6 nitrogen and oxygen atoms in total. The first-order valence-electron chi connectivity index (χ1n) is 9.62. The average Bonchev–Trinajstić information content (AvgIpc) is 2.73. The van der Waals surface area contributed by atoms with Gasteiger partial charge in [0.25, 0.3) is 0 Å². The second-order valence-corrected chi connectivity index (χ2v) is 7.08. The fraction of sp³-hybridized carbons (Fsp3) is 0.571. The van der Waals surface area contributed by atoms with Crippen LogP contribution in [0.1, 0.15) is 24.8 Å². The van der Waals surface area contributed by atoms with E-state index in [9.17, 15) is 4.79 Å². The van der Waals surface area contributed by atoms with Crippen molar-refractivity contribution in [2.24, 2.45) is 5.92 Å². The van der Waals surface area contributed by atoms with E-state index in [0.717, 1.165) is 57.5 Å². The van der Waals surface area contributed by atoms with Crippen LogP contribution in [0, 0.1) is 5.92 Å². The topological polar surface area (TPSA) is 51.2 Å². The van der Waals surface area contributed by atoms with Gasteiger partial charge in [-0.3, -0.25) is 9.69 Å². The van der Waals surface area contributed by atoms with Gasteiger partial charge in [-0.2, -0.15) is 0 Å². The van der Waals surface area contributed by atoms with E-state index < -0.39 is 0 Å². The molecule has 3 rings (SSSR count). The van der Waals surface area contributed by atoms with Gasteiger partial charge < -0.3 is 19.1 Å². The van der Waals surface area contributed by atoms with Crippen molar-refractivity contribution < 1.29 is 19.0 Å². The molecule has 148 valence electrons. The van der Waals surface area contributed by atoms with Crippen LogP contribution in [0.15, 0.2) is 24.3 Å². The van der Waals surface area contributed by atoms with E-state index in [4.69, 9.17) is 14.2 Å². The van der Waals surface area contributed by atoms with E-state index in [1.807, 2.05) is 17.0 Å². The molecular weight excluding hydrogens is 344 g/mol. The number of benzene rings is 1. The lowest BCUT2D eigenvalue weighted by molar-refractivity contribution is -0.137. The number of hydrogen-bond acceptors (Lipinski definition) is 5. The SMILES string of the molecule is COc1ccc(CN2CCN(C(=O)C3CC=CCC3)CC2)c(OC)c1OC. The van der Waals surface area contributed by atoms with Gasteiger partial charge in [-0.15, -0.1) is 0 Å². The number of allylic oxidation sites excluding steroid dienone is 2. The molecule has 1 atom stereocenters. The third-order valence-corrected chi connectivity index (χ3v) is 5.48. The van der Waals surface area contributed by atoms with Gasteiger partial charge in [0.05, 0.1) is 21.3 Å². The Morgan fingerprint density at radius 2 is 1.74 bits per heavy atom. The number of carbonyl (C=O) groups is 1. The third-order valence-electron chi connectivity index (χ3n) is 5.48. The van der Waals surface area contributed by atoms with Crippen LogP contribution in [0.2, 0.25) is 0 Å². The Morgan fingerprint density at radius 1 is 1.00 bits per heavy atom. The number of carbonyl (C=O) groups excluding carboxylic acids is 1. The number of ether oxygens (including phenoxy) is 3. The highest BCUT2D eigenvalue weighted by Crippen LogP contribution is 2.40. The van der Waals surface area contributed by atoms with E-state index in [1.54, 1.807) is 21.3 Å². The predicted octanol–water partition coefficient (Wildman–Crippen LogP) is 2.71. The molecule has 27 heavy (non-hydrogen) atoms. The van der Waals surface area contributed by atoms with E-state index in [-0.39, 0.29) is 5.92 Å². The molecule has 1 amide bonds. The number of rotatable bonds is 6. The van der Waals surface area contributed by atoms with Crippen LogP contribution in [0.4, 0.5) is 0 Å². The molecule has 1 unspecified atom stereocenters. The van der Waals surface area contributed by atoms with Crippen molar-refractivity contribution in [2.75, 3.05) is 47.5 Å². The van der Waals surface area contributed by atoms with E-state index in [1.165, 1.54) is 0 Å². The van der Waals surface area contributed by atoms with Crippen LogP contribution in [0.5, 0.6) is 17.2 Å². The molecule has 6 heteroatoms. The molecule has 0 radical (unpaired) electrons. The third kappa shape index (κ3) is 4.38. The first-order valence-corrected chi connectivity index (χ1v) is 9.62. The summed E-state index contributed by atoms with van der Waals surface area (Å²) in [5, 5.41) is 0. The summed E-state index contributed by atoms with van der Waals surface area (Å²) in [6, 6.07) is 3.93. The van der Waals surface area contributed by atoms with Crippen LogP contribution in [0.25, 0.3) is 0 Å². The molecule has 1 aromatic rings. The molecule has 1 fully saturated rings. The largest absolute Gasteiger partial charge is 0.493 e. The van der Waals surface area contributed by atoms with Crippen molar-refractivity contribution in [1.82, 2.24) is 9.80 Å². The minimum Gasteiger partial charge on any atom is -0.493 e. The van der Waals surface area contributed by atoms with Gasteiger partial charge in [0, 0.05) is 44.2 Å². The molecule has 1 heterocycles. The van der Waals surface area contributed by atoms with Crippen LogP contribution >= 0.6 is 0 Å². The van der Waals surface area contributed by atoms with Crippen molar-refractivity contribution >= 4 is 5.91 Å². The number of amides is 1. The Labute approximate surface area is 161 Å². The number of nitrogens with zero attached hydrogens (tertiary/aromatic N) is 2. The molecular formula is C21H30N2O4. The van der Waals surface area contributed by atoms with Crippen molar-refractivity contribution in [3.63, 3.8) is 0 Å². The molecule has 0 N–H and O–H groups in total. The van der Waals surface area contributed by atoms with Gasteiger partial charge in [-0.05, 0) is 25.3 Å². The minimum absolute atomic E-state index is 0.174. The zero-order valence-corrected chi connectivity index (χ0v) is 16.6. The minimum atomic E-state index is 0.174. The predicted molar refractivity (Wildman–Crippen MR) is 104 cm³/mol. The van der Waals surface area contributed by atoms with Gasteiger partial charge >= 0.3 is 0 Å². The standard InChI is InChI=1S/C21H30N2O4/c1-25-18-10-9-17(19(26-2)20(18)27-3)15-22-11-13-23(14-12-22)21(24)16-7-5-4-6-8-16/h4-5,9-10,16H,6-8,11-15H2,1-3H3. The van der Waals surface area contributed by atoms with E-state index in [0.29, 0.717) is 23.2 Å². The summed E-state index contributed by atoms with van der Waals surface area (Å²) >= 11 is 0. The second-order valence-electron chi connectivity index (χ2n) is 7.08.